The predicted molar refractivity (Wildman–Crippen MR) is 123 cm³/mol. The predicted octanol–water partition coefficient (Wildman–Crippen LogP) is 4.75. The Morgan fingerprint density at radius 1 is 1.34 bits per heavy atom. The number of methoxy groups -OCH3 is 1. The average molecular weight is 438 g/mol. The van der Waals surface area contributed by atoms with Crippen LogP contribution in [0.2, 0.25) is 0 Å². The molecule has 0 radical (unpaired) electrons. The fourth-order valence-corrected chi connectivity index (χ4v) is 4.67. The average Bonchev–Trinajstić information content (AvgIpc) is 3.21. The smallest absolute Gasteiger partial charge is 0.328 e. The van der Waals surface area contributed by atoms with Gasteiger partial charge >= 0.3 is 5.97 Å². The summed E-state index contributed by atoms with van der Waals surface area (Å²) in [4.78, 5) is 13.1. The van der Waals surface area contributed by atoms with Gasteiger partial charge in [0.1, 0.15) is 11.4 Å². The van der Waals surface area contributed by atoms with Gasteiger partial charge in [-0.2, -0.15) is 5.10 Å². The highest BCUT2D eigenvalue weighted by atomic mass is 19.1. The highest BCUT2D eigenvalue weighted by Crippen LogP contribution is 2.44. The summed E-state index contributed by atoms with van der Waals surface area (Å²) < 4.78 is 20.6. The van der Waals surface area contributed by atoms with Crippen molar-refractivity contribution in [3.63, 3.8) is 0 Å². The monoisotopic (exact) mass is 437 g/mol. The number of fused-ring (bicyclic) bond motifs is 3. The summed E-state index contributed by atoms with van der Waals surface area (Å²) >= 11 is 0. The van der Waals surface area contributed by atoms with E-state index in [4.69, 9.17) is 9.84 Å². The Bertz CT molecular complexity index is 1180. The maximum absolute atomic E-state index is 14.9. The molecule has 0 saturated heterocycles. The molecule has 6 nitrogen and oxygen atoms in total. The minimum absolute atomic E-state index is 0.0966. The van der Waals surface area contributed by atoms with Crippen LogP contribution >= 0.6 is 0 Å². The Kier molecular flexibility index (Phi) is 5.77. The first-order valence-electron chi connectivity index (χ1n) is 10.7. The summed E-state index contributed by atoms with van der Waals surface area (Å²) in [5, 5.41) is 17.3. The van der Waals surface area contributed by atoms with Crippen LogP contribution in [0.1, 0.15) is 49.1 Å². The van der Waals surface area contributed by atoms with E-state index in [2.05, 4.69) is 28.1 Å². The lowest BCUT2D eigenvalue weighted by atomic mass is 9.82. The second kappa shape index (κ2) is 8.39. The van der Waals surface area contributed by atoms with Crippen LogP contribution in [-0.4, -0.2) is 51.5 Å². The number of nitrogens with one attached hydrogen (secondary N) is 1. The summed E-state index contributed by atoms with van der Waals surface area (Å²) in [5.74, 6) is -0.375. The number of ether oxygens (including phenoxy) is 1. The van der Waals surface area contributed by atoms with Crippen molar-refractivity contribution in [1.29, 1.82) is 0 Å². The second-order valence-electron chi connectivity index (χ2n) is 8.98. The number of carbonyl (C=O) groups is 1. The quantitative estimate of drug-likeness (QED) is 0.544. The maximum atomic E-state index is 14.9. The van der Waals surface area contributed by atoms with E-state index in [-0.39, 0.29) is 18.6 Å². The van der Waals surface area contributed by atoms with Crippen molar-refractivity contribution in [1.82, 2.24) is 15.1 Å². The Labute approximate surface area is 186 Å². The molecular weight excluding hydrogens is 409 g/mol. The zero-order valence-electron chi connectivity index (χ0n) is 18.7. The van der Waals surface area contributed by atoms with Crippen LogP contribution in [0.3, 0.4) is 0 Å². The summed E-state index contributed by atoms with van der Waals surface area (Å²) in [7, 11) is 1.60. The van der Waals surface area contributed by atoms with E-state index in [9.17, 15) is 9.18 Å². The fraction of sp³-hybridized carbons (Fsp3) is 0.360. The first-order chi connectivity index (χ1) is 15.2. The lowest BCUT2D eigenvalue weighted by molar-refractivity contribution is -0.131. The largest absolute Gasteiger partial charge is 0.496 e. The van der Waals surface area contributed by atoms with Gasteiger partial charge in [0.2, 0.25) is 0 Å². The highest BCUT2D eigenvalue weighted by molar-refractivity contribution is 5.85. The number of H-pyrrole nitrogens is 1. The number of hydrogen-bond acceptors (Lipinski definition) is 4. The summed E-state index contributed by atoms with van der Waals surface area (Å²) in [5.41, 5.74) is 3.56. The van der Waals surface area contributed by atoms with Gasteiger partial charge in [-0.15, -0.1) is 0 Å². The van der Waals surface area contributed by atoms with Crippen molar-refractivity contribution in [2.24, 2.45) is 0 Å². The molecule has 1 aromatic heterocycles. The molecule has 2 atom stereocenters. The second-order valence-corrected chi connectivity index (χ2v) is 8.98. The van der Waals surface area contributed by atoms with Crippen molar-refractivity contribution < 1.29 is 19.0 Å². The molecule has 168 valence electrons. The molecule has 7 heteroatoms. The zero-order chi connectivity index (χ0) is 23.0. The van der Waals surface area contributed by atoms with E-state index in [1.54, 1.807) is 21.0 Å². The zero-order valence-corrected chi connectivity index (χ0v) is 18.7. The van der Waals surface area contributed by atoms with Gasteiger partial charge in [-0.1, -0.05) is 18.2 Å². The molecule has 32 heavy (non-hydrogen) atoms. The SMILES string of the molecule is COc1cc(/C=C/C(=O)O)ccc1C1c2ccc3[nH]ncc3c2CC(C)N1CC(C)(C)F. The number of aliphatic carboxylic acids is 1. The molecule has 3 aromatic rings. The Morgan fingerprint density at radius 3 is 2.78 bits per heavy atom. The standard InChI is InChI=1S/C25H28FN3O3/c1-15-11-19-17(8-9-21-20(19)13-27-28-21)24(29(15)14-25(2,3)26)18-7-5-16(6-10-23(30)31)12-22(18)32-4/h5-10,12-13,15,24H,11,14H2,1-4H3,(H,27,28)(H,30,31)/b10-6+. The van der Waals surface area contributed by atoms with Crippen molar-refractivity contribution in [3.05, 3.63) is 64.9 Å². The van der Waals surface area contributed by atoms with Gasteiger partial charge in [0.05, 0.1) is 24.9 Å². The lowest BCUT2D eigenvalue weighted by Gasteiger charge is -2.44. The molecule has 1 aliphatic heterocycles. The van der Waals surface area contributed by atoms with Gasteiger partial charge in [-0.05, 0) is 62.1 Å². The van der Waals surface area contributed by atoms with Crippen LogP contribution in [0.15, 0.2) is 42.6 Å². The van der Waals surface area contributed by atoms with Crippen LogP contribution < -0.4 is 4.74 Å². The number of aromatic nitrogens is 2. The summed E-state index contributed by atoms with van der Waals surface area (Å²) in [6, 6.07) is 9.62. The maximum Gasteiger partial charge on any atom is 0.328 e. The number of rotatable bonds is 6. The van der Waals surface area contributed by atoms with Gasteiger partial charge in [-0.25, -0.2) is 9.18 Å². The van der Waals surface area contributed by atoms with Gasteiger partial charge in [0.25, 0.3) is 0 Å². The molecule has 0 fully saturated rings. The molecule has 2 N–H and O–H groups in total. The number of alkyl halides is 1. The number of carboxylic acids is 1. The number of aromatic amines is 1. The van der Waals surface area contributed by atoms with Gasteiger partial charge in [-0.3, -0.25) is 10.00 Å². The number of nitrogens with zero attached hydrogens (tertiary/aromatic N) is 2. The van der Waals surface area contributed by atoms with Crippen molar-refractivity contribution in [2.75, 3.05) is 13.7 Å². The van der Waals surface area contributed by atoms with E-state index >= 15 is 0 Å². The van der Waals surface area contributed by atoms with Gasteiger partial charge < -0.3 is 9.84 Å². The number of hydrogen-bond donors (Lipinski definition) is 2. The number of benzene rings is 2. The van der Waals surface area contributed by atoms with Crippen LogP contribution in [0.5, 0.6) is 5.75 Å². The van der Waals surface area contributed by atoms with E-state index < -0.39 is 11.6 Å². The van der Waals surface area contributed by atoms with E-state index in [0.29, 0.717) is 5.75 Å². The molecule has 0 saturated carbocycles. The molecule has 2 unspecified atom stereocenters. The Hall–Kier alpha value is -3.19. The third kappa shape index (κ3) is 4.25. The molecule has 0 bridgehead atoms. The summed E-state index contributed by atoms with van der Waals surface area (Å²) in [6.07, 6.45) is 5.27. The normalized spacial score (nSPS) is 19.4. The minimum atomic E-state index is -1.37. The molecule has 0 aliphatic carbocycles. The lowest BCUT2D eigenvalue weighted by Crippen LogP contribution is -2.47. The molecule has 4 rings (SSSR count). The van der Waals surface area contributed by atoms with E-state index in [0.717, 1.165) is 40.1 Å². The van der Waals surface area contributed by atoms with E-state index in [1.807, 2.05) is 30.5 Å². The third-order valence-corrected chi connectivity index (χ3v) is 5.99. The summed E-state index contributed by atoms with van der Waals surface area (Å²) in [6.45, 7) is 5.59. The molecule has 0 amide bonds. The van der Waals surface area contributed by atoms with Crippen LogP contribution in [-0.2, 0) is 11.2 Å². The van der Waals surface area contributed by atoms with Crippen LogP contribution in [0.4, 0.5) is 4.39 Å². The third-order valence-electron chi connectivity index (χ3n) is 5.99. The van der Waals surface area contributed by atoms with Crippen molar-refractivity contribution >= 4 is 22.9 Å². The Morgan fingerprint density at radius 2 is 2.09 bits per heavy atom. The molecule has 2 heterocycles. The first kappa shape index (κ1) is 22.0. The molecule has 2 aromatic carbocycles. The topological polar surface area (TPSA) is 78.5 Å². The van der Waals surface area contributed by atoms with Crippen LogP contribution in [0.25, 0.3) is 17.0 Å². The molecule has 0 spiro atoms. The van der Waals surface area contributed by atoms with Crippen molar-refractivity contribution in [3.8, 4) is 5.75 Å². The fourth-order valence-electron chi connectivity index (χ4n) is 4.67. The number of halogens is 1. The highest BCUT2D eigenvalue weighted by Gasteiger charge is 2.38. The van der Waals surface area contributed by atoms with Crippen LogP contribution in [0, 0.1) is 0 Å². The van der Waals surface area contributed by atoms with E-state index in [1.165, 1.54) is 11.6 Å². The molecule has 1 aliphatic rings. The molecular formula is C25H28FN3O3. The van der Waals surface area contributed by atoms with Gasteiger partial charge in [0, 0.05) is 29.6 Å². The number of carboxylic acid groups (broad SMARTS) is 1. The Balaban J connectivity index is 1.89. The van der Waals surface area contributed by atoms with Gasteiger partial charge in [0.15, 0.2) is 0 Å². The minimum Gasteiger partial charge on any atom is -0.496 e. The van der Waals surface area contributed by atoms with Crippen molar-refractivity contribution in [2.45, 2.75) is 44.9 Å². The first-order valence-corrected chi connectivity index (χ1v) is 10.7.